The summed E-state index contributed by atoms with van der Waals surface area (Å²) in [6, 6.07) is 6.86. The Balaban J connectivity index is 2.54. The maximum Gasteiger partial charge on any atom is 0.375 e. The van der Waals surface area contributed by atoms with Crippen molar-refractivity contribution in [3.05, 3.63) is 29.8 Å². The van der Waals surface area contributed by atoms with E-state index in [4.69, 9.17) is 25.8 Å². The highest BCUT2D eigenvalue weighted by molar-refractivity contribution is 6.24. The molecule has 3 unspecified atom stereocenters. The molecule has 0 fully saturated rings. The van der Waals surface area contributed by atoms with E-state index in [2.05, 4.69) is 4.99 Å². The van der Waals surface area contributed by atoms with Crippen molar-refractivity contribution in [1.29, 1.82) is 0 Å². The second-order valence-corrected chi connectivity index (χ2v) is 5.85. The Labute approximate surface area is 138 Å². The van der Waals surface area contributed by atoms with Gasteiger partial charge in [-0.2, -0.15) is 0 Å². The standard InChI is InChI=1S/C15H18ClNO6/c1-13(19)10-6-4-5-7-11(10)17-8-12(13)14(16,20)15(21-2,22-3)23-9-18/h4-9,12,19-20H,1-3H3. The highest BCUT2D eigenvalue weighted by Crippen LogP contribution is 2.49. The summed E-state index contributed by atoms with van der Waals surface area (Å²) in [4.78, 5) is 15.0. The van der Waals surface area contributed by atoms with Gasteiger partial charge in [0.25, 0.3) is 6.47 Å². The van der Waals surface area contributed by atoms with Crippen LogP contribution >= 0.6 is 11.6 Å². The molecule has 0 saturated carbocycles. The quantitative estimate of drug-likeness (QED) is 0.458. The van der Waals surface area contributed by atoms with Crippen molar-refractivity contribution in [1.82, 2.24) is 0 Å². The molecule has 3 atom stereocenters. The topological polar surface area (TPSA) is 97.6 Å². The fourth-order valence-electron chi connectivity index (χ4n) is 2.76. The molecule has 0 amide bonds. The molecule has 126 valence electrons. The number of carbonyl (C=O) groups excluding carboxylic acids is 1. The number of hydrogen-bond acceptors (Lipinski definition) is 7. The summed E-state index contributed by atoms with van der Waals surface area (Å²) in [5.41, 5.74) is -0.625. The molecule has 8 heteroatoms. The summed E-state index contributed by atoms with van der Waals surface area (Å²) >= 11 is 6.24. The smallest absolute Gasteiger partial charge is 0.375 e. The second kappa shape index (κ2) is 6.18. The fourth-order valence-corrected chi connectivity index (χ4v) is 3.22. The molecule has 0 bridgehead atoms. The Morgan fingerprint density at radius 2 is 1.96 bits per heavy atom. The summed E-state index contributed by atoms with van der Waals surface area (Å²) in [5.74, 6) is -3.53. The van der Waals surface area contributed by atoms with Crippen LogP contribution in [0, 0.1) is 5.92 Å². The molecule has 1 aromatic rings. The summed E-state index contributed by atoms with van der Waals surface area (Å²) in [6.45, 7) is 1.50. The number of aliphatic hydroxyl groups is 2. The third kappa shape index (κ3) is 2.64. The molecule has 1 heterocycles. The molecule has 0 aromatic heterocycles. The number of rotatable bonds is 6. The Morgan fingerprint density at radius 1 is 1.35 bits per heavy atom. The zero-order valence-corrected chi connectivity index (χ0v) is 13.6. The molecular weight excluding hydrogens is 326 g/mol. The molecular formula is C15H18ClNO6. The Hall–Kier alpha value is -1.51. The van der Waals surface area contributed by atoms with Gasteiger partial charge in [0.05, 0.1) is 11.6 Å². The van der Waals surface area contributed by atoms with Crippen LogP contribution < -0.4 is 0 Å². The molecule has 0 radical (unpaired) electrons. The molecule has 0 aliphatic carbocycles. The SMILES string of the molecule is COC(OC)(OC=O)C(O)(Cl)C1C=Nc2ccccc2C1(C)O. The van der Waals surface area contributed by atoms with Crippen molar-refractivity contribution in [2.75, 3.05) is 14.2 Å². The van der Waals surface area contributed by atoms with Gasteiger partial charge in [0.1, 0.15) is 5.60 Å². The van der Waals surface area contributed by atoms with E-state index < -0.39 is 22.6 Å². The Kier molecular flexibility index (Phi) is 4.79. The monoisotopic (exact) mass is 343 g/mol. The predicted octanol–water partition coefficient (Wildman–Crippen LogP) is 1.27. The predicted molar refractivity (Wildman–Crippen MR) is 82.4 cm³/mol. The van der Waals surface area contributed by atoms with E-state index in [-0.39, 0.29) is 6.47 Å². The molecule has 1 aliphatic rings. The minimum atomic E-state index is -2.46. The number of aliphatic imine (C=N–C) groups is 1. The van der Waals surface area contributed by atoms with E-state index in [0.29, 0.717) is 11.3 Å². The number of alkyl halides is 1. The number of hydrogen-bond donors (Lipinski definition) is 2. The normalized spacial score (nSPS) is 26.3. The van der Waals surface area contributed by atoms with Crippen LogP contribution in [-0.2, 0) is 24.6 Å². The average Bonchev–Trinajstić information content (AvgIpc) is 2.52. The zero-order valence-electron chi connectivity index (χ0n) is 12.9. The van der Waals surface area contributed by atoms with Gasteiger partial charge in [0, 0.05) is 26.0 Å². The lowest BCUT2D eigenvalue weighted by Crippen LogP contribution is -2.63. The van der Waals surface area contributed by atoms with Gasteiger partial charge in [-0.15, -0.1) is 0 Å². The third-order valence-corrected chi connectivity index (χ3v) is 4.47. The van der Waals surface area contributed by atoms with Gasteiger partial charge in [-0.1, -0.05) is 29.8 Å². The van der Waals surface area contributed by atoms with Crippen molar-refractivity contribution in [2.24, 2.45) is 10.9 Å². The highest BCUT2D eigenvalue weighted by atomic mass is 35.5. The summed E-state index contributed by atoms with van der Waals surface area (Å²) < 4.78 is 14.7. The van der Waals surface area contributed by atoms with Gasteiger partial charge in [0.15, 0.2) is 0 Å². The summed E-state index contributed by atoms with van der Waals surface area (Å²) in [6.07, 6.45) is 1.27. The molecule has 23 heavy (non-hydrogen) atoms. The van der Waals surface area contributed by atoms with Crippen LogP contribution in [0.1, 0.15) is 12.5 Å². The first-order valence-electron chi connectivity index (χ1n) is 6.76. The summed E-state index contributed by atoms with van der Waals surface area (Å²) in [5, 5.41) is 19.3. The maximum absolute atomic E-state index is 11.0. The lowest BCUT2D eigenvalue weighted by atomic mass is 9.76. The van der Waals surface area contributed by atoms with Crippen LogP contribution in [0.25, 0.3) is 0 Å². The average molecular weight is 344 g/mol. The van der Waals surface area contributed by atoms with Crippen molar-refractivity contribution >= 4 is 30.0 Å². The van der Waals surface area contributed by atoms with Crippen LogP contribution in [0.15, 0.2) is 29.3 Å². The second-order valence-electron chi connectivity index (χ2n) is 5.27. The molecule has 1 aromatic carbocycles. The largest absolute Gasteiger partial charge is 0.407 e. The van der Waals surface area contributed by atoms with Crippen molar-refractivity contribution in [2.45, 2.75) is 23.6 Å². The van der Waals surface area contributed by atoms with Crippen LogP contribution in [0.4, 0.5) is 5.69 Å². The lowest BCUT2D eigenvalue weighted by molar-refractivity contribution is -0.397. The fraction of sp³-hybridized carbons (Fsp3) is 0.467. The molecule has 0 saturated heterocycles. The zero-order chi connectivity index (χ0) is 17.3. The molecule has 2 rings (SSSR count). The molecule has 0 spiro atoms. The van der Waals surface area contributed by atoms with E-state index in [1.165, 1.54) is 13.1 Å². The van der Waals surface area contributed by atoms with Crippen LogP contribution in [0.2, 0.25) is 0 Å². The Bertz CT molecular complexity index is 612. The maximum atomic E-state index is 11.0. The first-order valence-corrected chi connectivity index (χ1v) is 7.13. The van der Waals surface area contributed by atoms with Crippen LogP contribution in [-0.4, -0.2) is 48.2 Å². The van der Waals surface area contributed by atoms with Crippen molar-refractivity contribution in [3.8, 4) is 0 Å². The molecule has 7 nitrogen and oxygen atoms in total. The van der Waals surface area contributed by atoms with Crippen molar-refractivity contribution < 1.29 is 29.2 Å². The summed E-state index contributed by atoms with van der Waals surface area (Å²) in [7, 11) is 2.28. The van der Waals surface area contributed by atoms with Gasteiger partial charge < -0.3 is 24.4 Å². The van der Waals surface area contributed by atoms with Crippen molar-refractivity contribution in [3.63, 3.8) is 0 Å². The number of fused-ring (bicyclic) bond motifs is 1. The van der Waals surface area contributed by atoms with Crippen LogP contribution in [0.5, 0.6) is 0 Å². The highest BCUT2D eigenvalue weighted by Gasteiger charge is 2.64. The van der Waals surface area contributed by atoms with Crippen LogP contribution in [0.3, 0.4) is 0 Å². The minimum Gasteiger partial charge on any atom is -0.407 e. The number of ether oxygens (including phenoxy) is 3. The van der Waals surface area contributed by atoms with E-state index in [9.17, 15) is 15.0 Å². The lowest BCUT2D eigenvalue weighted by Gasteiger charge is -2.46. The van der Waals surface area contributed by atoms with Gasteiger partial charge in [0.2, 0.25) is 5.06 Å². The van der Waals surface area contributed by atoms with E-state index >= 15 is 0 Å². The number of nitrogens with zero attached hydrogens (tertiary/aromatic N) is 1. The third-order valence-electron chi connectivity index (χ3n) is 4.00. The van der Waals surface area contributed by atoms with Gasteiger partial charge in [-0.05, 0) is 13.0 Å². The first-order chi connectivity index (χ1) is 10.8. The number of halogens is 1. The molecule has 1 aliphatic heterocycles. The first kappa shape index (κ1) is 17.8. The number of para-hydroxylation sites is 1. The minimum absolute atomic E-state index is 0.0307. The number of methoxy groups -OCH3 is 2. The van der Waals surface area contributed by atoms with Gasteiger partial charge in [-0.3, -0.25) is 9.79 Å². The van der Waals surface area contributed by atoms with Gasteiger partial charge >= 0.3 is 5.97 Å². The molecule has 2 N–H and O–H groups in total. The van der Waals surface area contributed by atoms with E-state index in [0.717, 1.165) is 14.2 Å². The number of benzene rings is 1. The number of carbonyl (C=O) groups is 1. The Morgan fingerprint density at radius 3 is 2.52 bits per heavy atom. The van der Waals surface area contributed by atoms with E-state index in [1.807, 2.05) is 0 Å². The van der Waals surface area contributed by atoms with E-state index in [1.54, 1.807) is 24.3 Å². The van der Waals surface area contributed by atoms with Gasteiger partial charge in [-0.25, -0.2) is 0 Å².